The number of anilines is 1. The summed E-state index contributed by atoms with van der Waals surface area (Å²) in [6.07, 6.45) is 1.72. The molecule has 0 aliphatic heterocycles. The van der Waals surface area contributed by atoms with E-state index in [1.54, 1.807) is 18.3 Å². The highest BCUT2D eigenvalue weighted by Crippen LogP contribution is 2.10. The van der Waals surface area contributed by atoms with E-state index in [1.165, 1.54) is 12.1 Å². The van der Waals surface area contributed by atoms with Gasteiger partial charge in [0.15, 0.2) is 0 Å². The van der Waals surface area contributed by atoms with E-state index in [4.69, 9.17) is 5.11 Å². The topological polar surface area (TPSA) is 61.7 Å². The molecule has 2 aromatic rings. The number of nitrogens with zero attached hydrogens (tertiary/aromatic N) is 1. The zero-order valence-corrected chi connectivity index (χ0v) is 12.0. The predicted octanol–water partition coefficient (Wildman–Crippen LogP) is 3.44. The van der Waals surface area contributed by atoms with Gasteiger partial charge in [-0.05, 0) is 64.6 Å². The van der Waals surface area contributed by atoms with Crippen molar-refractivity contribution in [3.63, 3.8) is 0 Å². The lowest BCUT2D eigenvalue weighted by atomic mass is 10.2. The van der Waals surface area contributed by atoms with Crippen molar-refractivity contribution in [2.75, 3.05) is 5.43 Å². The number of hydrogen-bond donors (Lipinski definition) is 2. The number of benzene rings is 2. The van der Waals surface area contributed by atoms with Gasteiger partial charge in [0, 0.05) is 3.57 Å². The summed E-state index contributed by atoms with van der Waals surface area (Å²) in [7, 11) is 0. The van der Waals surface area contributed by atoms with Gasteiger partial charge in [-0.3, -0.25) is 5.43 Å². The van der Waals surface area contributed by atoms with E-state index < -0.39 is 5.97 Å². The average Bonchev–Trinajstić information content (AvgIpc) is 2.39. The second-order valence-electron chi connectivity index (χ2n) is 3.81. The minimum atomic E-state index is -0.936. The Bertz CT molecular complexity index is 609. The lowest BCUT2D eigenvalue weighted by Gasteiger charge is -2.00. The van der Waals surface area contributed by atoms with E-state index in [-0.39, 0.29) is 5.56 Å². The van der Waals surface area contributed by atoms with Gasteiger partial charge >= 0.3 is 5.97 Å². The fourth-order valence-corrected chi connectivity index (χ4v) is 2.02. The quantitative estimate of drug-likeness (QED) is 0.495. The molecule has 2 N–H and O–H groups in total. The fraction of sp³-hybridized carbons (Fsp3) is 0. The fourth-order valence-electron chi connectivity index (χ4n) is 1.46. The molecule has 0 aliphatic carbocycles. The van der Waals surface area contributed by atoms with Gasteiger partial charge in [-0.1, -0.05) is 12.1 Å². The number of halogens is 1. The molecule has 96 valence electrons. The highest BCUT2D eigenvalue weighted by Gasteiger charge is 2.00. The molecule has 0 atom stereocenters. The van der Waals surface area contributed by atoms with Crippen molar-refractivity contribution in [1.29, 1.82) is 0 Å². The van der Waals surface area contributed by atoms with Crippen molar-refractivity contribution in [1.82, 2.24) is 0 Å². The van der Waals surface area contributed by atoms with Crippen molar-refractivity contribution in [2.45, 2.75) is 0 Å². The monoisotopic (exact) mass is 366 g/mol. The molecule has 0 radical (unpaired) electrons. The molecule has 0 fully saturated rings. The Labute approximate surface area is 124 Å². The number of nitrogens with one attached hydrogen (secondary N) is 1. The number of carboxylic acid groups (broad SMARTS) is 1. The van der Waals surface area contributed by atoms with E-state index in [2.05, 4.69) is 33.1 Å². The third-order valence-corrected chi connectivity index (χ3v) is 3.06. The minimum Gasteiger partial charge on any atom is -0.478 e. The van der Waals surface area contributed by atoms with Gasteiger partial charge in [-0.15, -0.1) is 0 Å². The van der Waals surface area contributed by atoms with Gasteiger partial charge in [0.2, 0.25) is 0 Å². The molecule has 0 aliphatic rings. The number of carbonyl (C=O) groups is 1. The molecule has 0 bridgehead atoms. The molecule has 0 amide bonds. The zero-order valence-electron chi connectivity index (χ0n) is 9.88. The summed E-state index contributed by atoms with van der Waals surface area (Å²) < 4.78 is 1.15. The Kier molecular flexibility index (Phi) is 4.51. The first kappa shape index (κ1) is 13.5. The van der Waals surface area contributed by atoms with Gasteiger partial charge in [0.05, 0.1) is 17.5 Å². The molecule has 2 rings (SSSR count). The second kappa shape index (κ2) is 6.33. The first-order chi connectivity index (χ1) is 9.15. The highest BCUT2D eigenvalue weighted by atomic mass is 127. The largest absolute Gasteiger partial charge is 0.478 e. The first-order valence-corrected chi connectivity index (χ1v) is 6.61. The van der Waals surface area contributed by atoms with Crippen LogP contribution in [0.1, 0.15) is 15.9 Å². The number of hydrazone groups is 1. The molecule has 19 heavy (non-hydrogen) atoms. The van der Waals surface area contributed by atoms with E-state index >= 15 is 0 Å². The number of rotatable bonds is 4. The Hall–Kier alpha value is -1.89. The van der Waals surface area contributed by atoms with Crippen LogP contribution >= 0.6 is 22.6 Å². The summed E-state index contributed by atoms with van der Waals surface area (Å²) in [6, 6.07) is 14.4. The second-order valence-corrected chi connectivity index (χ2v) is 5.05. The molecule has 4 nitrogen and oxygen atoms in total. The van der Waals surface area contributed by atoms with Crippen LogP contribution in [0.2, 0.25) is 0 Å². The lowest BCUT2D eigenvalue weighted by Crippen LogP contribution is -1.96. The number of hydrogen-bond acceptors (Lipinski definition) is 3. The molecule has 2 aromatic carbocycles. The summed E-state index contributed by atoms with van der Waals surface area (Å²) in [5.74, 6) is -0.936. The van der Waals surface area contributed by atoms with Gasteiger partial charge < -0.3 is 5.11 Å². The molecule has 0 aromatic heterocycles. The maximum Gasteiger partial charge on any atom is 0.335 e. The summed E-state index contributed by atoms with van der Waals surface area (Å²) in [5.41, 5.74) is 4.85. The van der Waals surface area contributed by atoms with Crippen molar-refractivity contribution in [2.24, 2.45) is 5.10 Å². The minimum absolute atomic E-state index is 0.257. The van der Waals surface area contributed by atoms with Crippen molar-refractivity contribution < 1.29 is 9.90 Å². The molecule has 0 unspecified atom stereocenters. The van der Waals surface area contributed by atoms with Crippen LogP contribution in [0.5, 0.6) is 0 Å². The first-order valence-electron chi connectivity index (χ1n) is 5.53. The highest BCUT2D eigenvalue weighted by molar-refractivity contribution is 14.1. The predicted molar refractivity (Wildman–Crippen MR) is 83.8 cm³/mol. The third kappa shape index (κ3) is 4.06. The maximum absolute atomic E-state index is 10.7. The molecule has 0 heterocycles. The van der Waals surface area contributed by atoms with Crippen LogP contribution < -0.4 is 5.43 Å². The zero-order chi connectivity index (χ0) is 13.7. The summed E-state index contributed by atoms with van der Waals surface area (Å²) in [6.45, 7) is 0. The molecule has 5 heteroatoms. The van der Waals surface area contributed by atoms with Crippen molar-refractivity contribution in [3.8, 4) is 0 Å². The SMILES string of the molecule is O=C(O)c1ccc(NN=Cc2cccc(I)c2)cc1. The van der Waals surface area contributed by atoms with E-state index in [0.29, 0.717) is 0 Å². The van der Waals surface area contributed by atoms with Gasteiger partial charge in [0.25, 0.3) is 0 Å². The van der Waals surface area contributed by atoms with Gasteiger partial charge in [0.1, 0.15) is 0 Å². The number of carboxylic acids is 1. The Morgan fingerprint density at radius 2 is 1.95 bits per heavy atom. The van der Waals surface area contributed by atoms with Crippen LogP contribution in [0, 0.1) is 3.57 Å². The third-order valence-electron chi connectivity index (χ3n) is 2.39. The summed E-state index contributed by atoms with van der Waals surface area (Å²) in [5, 5.41) is 12.9. The van der Waals surface area contributed by atoms with Crippen LogP contribution in [0.3, 0.4) is 0 Å². The van der Waals surface area contributed by atoms with E-state index in [9.17, 15) is 4.79 Å². The molecular formula is C14H11IN2O2. The van der Waals surface area contributed by atoms with Crippen LogP contribution in [0.4, 0.5) is 5.69 Å². The standard InChI is InChI=1S/C14H11IN2O2/c15-12-3-1-2-10(8-12)9-16-17-13-6-4-11(5-7-13)14(18)19/h1-9,17H,(H,18,19). The molecule has 0 saturated heterocycles. The van der Waals surface area contributed by atoms with Gasteiger partial charge in [-0.2, -0.15) is 5.10 Å². The smallest absolute Gasteiger partial charge is 0.335 e. The Balaban J connectivity index is 2.00. The average molecular weight is 366 g/mol. The normalized spacial score (nSPS) is 10.6. The van der Waals surface area contributed by atoms with Crippen LogP contribution in [0.15, 0.2) is 53.6 Å². The lowest BCUT2D eigenvalue weighted by molar-refractivity contribution is 0.0697. The summed E-state index contributed by atoms with van der Waals surface area (Å²) >= 11 is 2.24. The molecular weight excluding hydrogens is 355 g/mol. The Morgan fingerprint density at radius 3 is 2.58 bits per heavy atom. The maximum atomic E-state index is 10.7. The molecule has 0 spiro atoms. The van der Waals surface area contributed by atoms with Crippen LogP contribution in [-0.2, 0) is 0 Å². The van der Waals surface area contributed by atoms with E-state index in [1.807, 2.05) is 24.3 Å². The van der Waals surface area contributed by atoms with E-state index in [0.717, 1.165) is 14.8 Å². The summed E-state index contributed by atoms with van der Waals surface area (Å²) in [4.78, 5) is 10.7. The van der Waals surface area contributed by atoms with Crippen molar-refractivity contribution in [3.05, 3.63) is 63.2 Å². The van der Waals surface area contributed by atoms with Crippen LogP contribution in [-0.4, -0.2) is 17.3 Å². The molecule has 0 saturated carbocycles. The van der Waals surface area contributed by atoms with Crippen LogP contribution in [0.25, 0.3) is 0 Å². The number of aromatic carboxylic acids is 1. The Morgan fingerprint density at radius 1 is 1.21 bits per heavy atom. The van der Waals surface area contributed by atoms with Gasteiger partial charge in [-0.25, -0.2) is 4.79 Å². The van der Waals surface area contributed by atoms with Crippen molar-refractivity contribution >= 4 is 40.5 Å².